The predicted molar refractivity (Wildman–Crippen MR) is 87.2 cm³/mol. The third-order valence-electron chi connectivity index (χ3n) is 4.12. The molecule has 0 spiro atoms. The minimum Gasteiger partial charge on any atom is -0.380 e. The summed E-state index contributed by atoms with van der Waals surface area (Å²) in [7, 11) is 0. The predicted octanol–water partition coefficient (Wildman–Crippen LogP) is 3.11. The number of urea groups is 1. The zero-order chi connectivity index (χ0) is 15.5. The third-order valence-corrected chi connectivity index (χ3v) is 4.12. The Labute approximate surface area is 130 Å². The lowest BCUT2D eigenvalue weighted by Gasteiger charge is -2.22. The van der Waals surface area contributed by atoms with Crippen LogP contribution in [0.4, 0.5) is 10.5 Å². The van der Waals surface area contributed by atoms with Crippen molar-refractivity contribution in [1.29, 1.82) is 0 Å². The highest BCUT2D eigenvalue weighted by Gasteiger charge is 2.18. The SMILES string of the molecule is Cc1nc2ccccc2c(NC(=O)N2CCCOCC2)c1C. The van der Waals surface area contributed by atoms with E-state index in [-0.39, 0.29) is 6.03 Å². The van der Waals surface area contributed by atoms with E-state index in [9.17, 15) is 4.79 Å². The maximum Gasteiger partial charge on any atom is 0.321 e. The van der Waals surface area contributed by atoms with Crippen LogP contribution in [0.1, 0.15) is 17.7 Å². The maximum atomic E-state index is 12.6. The Morgan fingerprint density at radius 1 is 1.23 bits per heavy atom. The molecule has 22 heavy (non-hydrogen) atoms. The van der Waals surface area contributed by atoms with Gasteiger partial charge in [-0.2, -0.15) is 0 Å². The van der Waals surface area contributed by atoms with Gasteiger partial charge in [-0.1, -0.05) is 18.2 Å². The van der Waals surface area contributed by atoms with Crippen LogP contribution < -0.4 is 5.32 Å². The standard InChI is InChI=1S/C17H21N3O2/c1-12-13(2)18-15-7-4-3-6-14(15)16(12)19-17(21)20-8-5-10-22-11-9-20/h3-4,6-7H,5,8-11H2,1-2H3,(H,18,19,21). The van der Waals surface area contributed by atoms with E-state index < -0.39 is 0 Å². The lowest BCUT2D eigenvalue weighted by molar-refractivity contribution is 0.144. The molecule has 1 aliphatic heterocycles. The van der Waals surface area contributed by atoms with Gasteiger partial charge in [0.05, 0.1) is 17.8 Å². The minimum absolute atomic E-state index is 0.0654. The first kappa shape index (κ1) is 14.8. The van der Waals surface area contributed by atoms with Gasteiger partial charge >= 0.3 is 6.03 Å². The summed E-state index contributed by atoms with van der Waals surface area (Å²) in [5.74, 6) is 0. The lowest BCUT2D eigenvalue weighted by Crippen LogP contribution is -2.37. The number of amides is 2. The van der Waals surface area contributed by atoms with Crippen molar-refractivity contribution in [2.45, 2.75) is 20.3 Å². The van der Waals surface area contributed by atoms with Crippen molar-refractivity contribution in [2.75, 3.05) is 31.6 Å². The molecule has 3 rings (SSSR count). The molecule has 1 aromatic carbocycles. The van der Waals surface area contributed by atoms with Gasteiger partial charge in [0.1, 0.15) is 0 Å². The number of rotatable bonds is 1. The molecule has 1 saturated heterocycles. The topological polar surface area (TPSA) is 54.5 Å². The molecule has 0 bridgehead atoms. The summed E-state index contributed by atoms with van der Waals surface area (Å²) in [6.07, 6.45) is 0.878. The number of carbonyl (C=O) groups is 1. The van der Waals surface area contributed by atoms with Crippen LogP contribution in [0.3, 0.4) is 0 Å². The highest BCUT2D eigenvalue weighted by molar-refractivity contribution is 6.01. The first-order chi connectivity index (χ1) is 10.7. The molecular weight excluding hydrogens is 278 g/mol. The molecule has 1 aromatic heterocycles. The van der Waals surface area contributed by atoms with Crippen LogP contribution in [0, 0.1) is 13.8 Å². The zero-order valence-electron chi connectivity index (χ0n) is 13.1. The Hall–Kier alpha value is -2.14. The monoisotopic (exact) mass is 299 g/mol. The van der Waals surface area contributed by atoms with Crippen LogP contribution in [-0.4, -0.2) is 42.2 Å². The number of benzene rings is 1. The van der Waals surface area contributed by atoms with Gasteiger partial charge in [-0.25, -0.2) is 4.79 Å². The Bertz CT molecular complexity index is 692. The molecule has 2 aromatic rings. The number of anilines is 1. The Morgan fingerprint density at radius 2 is 2.05 bits per heavy atom. The van der Waals surface area contributed by atoms with E-state index in [0.29, 0.717) is 13.2 Å². The first-order valence-electron chi connectivity index (χ1n) is 7.66. The molecule has 1 N–H and O–H groups in total. The molecule has 1 aliphatic rings. The number of aryl methyl sites for hydroxylation is 1. The van der Waals surface area contributed by atoms with Crippen molar-refractivity contribution < 1.29 is 9.53 Å². The normalized spacial score (nSPS) is 15.6. The first-order valence-corrected chi connectivity index (χ1v) is 7.66. The summed E-state index contributed by atoms with van der Waals surface area (Å²) < 4.78 is 5.41. The summed E-state index contributed by atoms with van der Waals surface area (Å²) in [5, 5.41) is 4.06. The summed E-state index contributed by atoms with van der Waals surface area (Å²) in [6, 6.07) is 7.83. The number of ether oxygens (including phenoxy) is 1. The number of fused-ring (bicyclic) bond motifs is 1. The number of hydrogen-bond acceptors (Lipinski definition) is 3. The van der Waals surface area contributed by atoms with E-state index in [0.717, 1.165) is 47.4 Å². The average molecular weight is 299 g/mol. The van der Waals surface area contributed by atoms with Crippen molar-refractivity contribution in [3.63, 3.8) is 0 Å². The number of carbonyl (C=O) groups excluding carboxylic acids is 1. The van der Waals surface area contributed by atoms with E-state index in [1.165, 1.54) is 0 Å². The maximum absolute atomic E-state index is 12.6. The second-order valence-electron chi connectivity index (χ2n) is 5.60. The number of para-hydroxylation sites is 1. The van der Waals surface area contributed by atoms with Crippen molar-refractivity contribution in [1.82, 2.24) is 9.88 Å². The fraction of sp³-hybridized carbons (Fsp3) is 0.412. The van der Waals surface area contributed by atoms with Crippen molar-refractivity contribution in [2.24, 2.45) is 0 Å². The quantitative estimate of drug-likeness (QED) is 0.880. The number of nitrogens with zero attached hydrogens (tertiary/aromatic N) is 2. The summed E-state index contributed by atoms with van der Waals surface area (Å²) in [4.78, 5) is 19.0. The van der Waals surface area contributed by atoms with Gasteiger partial charge in [-0.05, 0) is 31.9 Å². The molecular formula is C17H21N3O2. The molecule has 2 heterocycles. The second kappa shape index (κ2) is 6.32. The Balaban J connectivity index is 1.92. The fourth-order valence-corrected chi connectivity index (χ4v) is 2.73. The molecule has 0 atom stereocenters. The number of hydrogen-bond donors (Lipinski definition) is 1. The summed E-state index contributed by atoms with van der Waals surface area (Å²) in [6.45, 7) is 6.65. The molecule has 2 amide bonds. The number of nitrogens with one attached hydrogen (secondary N) is 1. The molecule has 0 saturated carbocycles. The van der Waals surface area contributed by atoms with E-state index in [2.05, 4.69) is 10.3 Å². The highest BCUT2D eigenvalue weighted by atomic mass is 16.5. The van der Waals surface area contributed by atoms with Gasteiger partial charge in [0.15, 0.2) is 0 Å². The van der Waals surface area contributed by atoms with Crippen LogP contribution in [0.25, 0.3) is 10.9 Å². The third kappa shape index (κ3) is 2.90. The Kier molecular flexibility index (Phi) is 4.24. The van der Waals surface area contributed by atoms with Gasteiger partial charge in [0.2, 0.25) is 0 Å². The van der Waals surface area contributed by atoms with Gasteiger partial charge in [0.25, 0.3) is 0 Å². The van der Waals surface area contributed by atoms with Crippen LogP contribution in [0.5, 0.6) is 0 Å². The molecule has 1 fully saturated rings. The summed E-state index contributed by atoms with van der Waals surface area (Å²) >= 11 is 0. The van der Waals surface area contributed by atoms with Gasteiger partial charge in [-0.15, -0.1) is 0 Å². The van der Waals surface area contributed by atoms with Crippen LogP contribution in [-0.2, 0) is 4.74 Å². The highest BCUT2D eigenvalue weighted by Crippen LogP contribution is 2.28. The zero-order valence-corrected chi connectivity index (χ0v) is 13.1. The van der Waals surface area contributed by atoms with E-state index in [1.807, 2.05) is 43.0 Å². The van der Waals surface area contributed by atoms with Crippen LogP contribution in [0.2, 0.25) is 0 Å². The van der Waals surface area contributed by atoms with E-state index in [4.69, 9.17) is 4.74 Å². The number of pyridine rings is 1. The molecule has 116 valence electrons. The molecule has 5 nitrogen and oxygen atoms in total. The smallest absolute Gasteiger partial charge is 0.321 e. The van der Waals surface area contributed by atoms with Crippen molar-refractivity contribution in [3.8, 4) is 0 Å². The minimum atomic E-state index is -0.0654. The Morgan fingerprint density at radius 3 is 2.91 bits per heavy atom. The average Bonchev–Trinajstić information content (AvgIpc) is 2.81. The largest absolute Gasteiger partial charge is 0.380 e. The van der Waals surface area contributed by atoms with E-state index in [1.54, 1.807) is 0 Å². The molecule has 0 unspecified atom stereocenters. The van der Waals surface area contributed by atoms with Crippen molar-refractivity contribution in [3.05, 3.63) is 35.5 Å². The molecule has 0 aliphatic carbocycles. The van der Waals surface area contributed by atoms with Gasteiger partial charge < -0.3 is 15.0 Å². The van der Waals surface area contributed by atoms with Crippen LogP contribution >= 0.6 is 0 Å². The second-order valence-corrected chi connectivity index (χ2v) is 5.60. The molecule has 5 heteroatoms. The number of aromatic nitrogens is 1. The van der Waals surface area contributed by atoms with Gasteiger partial charge in [-0.3, -0.25) is 4.98 Å². The van der Waals surface area contributed by atoms with E-state index >= 15 is 0 Å². The van der Waals surface area contributed by atoms with Crippen LogP contribution in [0.15, 0.2) is 24.3 Å². The summed E-state index contributed by atoms with van der Waals surface area (Å²) in [5.41, 5.74) is 3.71. The van der Waals surface area contributed by atoms with Crippen molar-refractivity contribution >= 4 is 22.6 Å². The molecule has 0 radical (unpaired) electrons. The fourth-order valence-electron chi connectivity index (χ4n) is 2.73. The van der Waals surface area contributed by atoms with Gasteiger partial charge in [0, 0.05) is 30.8 Å². The lowest BCUT2D eigenvalue weighted by atomic mass is 10.1.